The van der Waals surface area contributed by atoms with Crippen LogP contribution < -0.4 is 10.6 Å². The lowest BCUT2D eigenvalue weighted by Crippen LogP contribution is -2.43. The van der Waals surface area contributed by atoms with Gasteiger partial charge in [0.2, 0.25) is 0 Å². The SMILES string of the molecule is CCCNc1cc(NCC2(O)CCOC2C)nc(SC)n1. The van der Waals surface area contributed by atoms with Gasteiger partial charge in [-0.1, -0.05) is 18.7 Å². The molecule has 1 aliphatic rings. The highest BCUT2D eigenvalue weighted by Crippen LogP contribution is 2.26. The Morgan fingerprint density at radius 1 is 1.43 bits per heavy atom. The van der Waals surface area contributed by atoms with Crippen LogP contribution in [0.3, 0.4) is 0 Å². The second-order valence-corrected chi connectivity index (χ2v) is 6.05. The van der Waals surface area contributed by atoms with Crippen LogP contribution >= 0.6 is 11.8 Å². The summed E-state index contributed by atoms with van der Waals surface area (Å²) < 4.78 is 5.44. The third-order valence-corrected chi connectivity index (χ3v) is 4.23. The van der Waals surface area contributed by atoms with E-state index in [0.717, 1.165) is 24.6 Å². The third kappa shape index (κ3) is 4.21. The Labute approximate surface area is 130 Å². The van der Waals surface area contributed by atoms with Gasteiger partial charge in [-0.3, -0.25) is 0 Å². The molecule has 0 saturated carbocycles. The van der Waals surface area contributed by atoms with Crippen LogP contribution in [0.5, 0.6) is 0 Å². The first kappa shape index (κ1) is 16.3. The largest absolute Gasteiger partial charge is 0.385 e. The van der Waals surface area contributed by atoms with Crippen LogP contribution in [0.2, 0.25) is 0 Å². The molecule has 0 radical (unpaired) electrons. The molecule has 2 heterocycles. The Hall–Kier alpha value is -1.05. The molecular formula is C14H24N4O2S. The van der Waals surface area contributed by atoms with Crippen LogP contribution in [-0.2, 0) is 4.74 Å². The first-order valence-electron chi connectivity index (χ1n) is 7.32. The van der Waals surface area contributed by atoms with Gasteiger partial charge < -0.3 is 20.5 Å². The molecule has 0 amide bonds. The van der Waals surface area contributed by atoms with E-state index >= 15 is 0 Å². The molecule has 2 atom stereocenters. The van der Waals surface area contributed by atoms with Gasteiger partial charge in [0.15, 0.2) is 5.16 Å². The van der Waals surface area contributed by atoms with Crippen molar-refractivity contribution in [1.82, 2.24) is 9.97 Å². The Balaban J connectivity index is 2.04. The molecule has 0 spiro atoms. The number of anilines is 2. The summed E-state index contributed by atoms with van der Waals surface area (Å²) in [4.78, 5) is 8.84. The fourth-order valence-corrected chi connectivity index (χ4v) is 2.58. The quantitative estimate of drug-likeness (QED) is 0.525. The van der Waals surface area contributed by atoms with E-state index in [1.165, 1.54) is 11.8 Å². The summed E-state index contributed by atoms with van der Waals surface area (Å²) in [6.07, 6.45) is 3.46. The molecule has 6 nitrogen and oxygen atoms in total. The molecule has 2 unspecified atom stereocenters. The number of aliphatic hydroxyl groups is 1. The number of nitrogens with zero attached hydrogens (tertiary/aromatic N) is 2. The van der Waals surface area contributed by atoms with Crippen molar-refractivity contribution in [3.63, 3.8) is 0 Å². The lowest BCUT2D eigenvalue weighted by molar-refractivity contribution is -0.0176. The van der Waals surface area contributed by atoms with Crippen LogP contribution in [0.25, 0.3) is 0 Å². The normalized spacial score (nSPS) is 25.0. The maximum Gasteiger partial charge on any atom is 0.191 e. The highest BCUT2D eigenvalue weighted by molar-refractivity contribution is 7.98. The molecule has 7 heteroatoms. The Kier molecular flexibility index (Phi) is 5.66. The number of ether oxygens (including phenoxy) is 1. The lowest BCUT2D eigenvalue weighted by atomic mass is 9.97. The molecule has 21 heavy (non-hydrogen) atoms. The van der Waals surface area contributed by atoms with Gasteiger partial charge in [-0.05, 0) is 19.6 Å². The highest BCUT2D eigenvalue weighted by atomic mass is 32.2. The van der Waals surface area contributed by atoms with Crippen LogP contribution in [-0.4, -0.2) is 52.7 Å². The summed E-state index contributed by atoms with van der Waals surface area (Å²) in [6.45, 7) is 5.91. The van der Waals surface area contributed by atoms with E-state index in [1.807, 2.05) is 19.2 Å². The van der Waals surface area contributed by atoms with Crippen molar-refractivity contribution in [2.24, 2.45) is 0 Å². The van der Waals surface area contributed by atoms with E-state index in [0.29, 0.717) is 24.7 Å². The van der Waals surface area contributed by atoms with Gasteiger partial charge in [0.25, 0.3) is 0 Å². The van der Waals surface area contributed by atoms with E-state index in [2.05, 4.69) is 27.5 Å². The lowest BCUT2D eigenvalue weighted by Gasteiger charge is -2.26. The molecule has 118 valence electrons. The van der Waals surface area contributed by atoms with Gasteiger partial charge in [-0.15, -0.1) is 0 Å². The molecule has 0 aliphatic carbocycles. The Morgan fingerprint density at radius 3 is 2.71 bits per heavy atom. The van der Waals surface area contributed by atoms with Crippen molar-refractivity contribution >= 4 is 23.4 Å². The summed E-state index contributed by atoms with van der Waals surface area (Å²) >= 11 is 1.50. The maximum atomic E-state index is 10.5. The topological polar surface area (TPSA) is 79.3 Å². The molecule has 0 bridgehead atoms. The average molecular weight is 312 g/mol. The fraction of sp³-hybridized carbons (Fsp3) is 0.714. The van der Waals surface area contributed by atoms with Gasteiger partial charge in [0.1, 0.15) is 17.2 Å². The summed E-state index contributed by atoms with van der Waals surface area (Å²) in [7, 11) is 0. The Morgan fingerprint density at radius 2 is 2.14 bits per heavy atom. The van der Waals surface area contributed by atoms with Crippen molar-refractivity contribution in [2.75, 3.05) is 36.6 Å². The zero-order chi connectivity index (χ0) is 15.3. The zero-order valence-corrected chi connectivity index (χ0v) is 13.7. The predicted molar refractivity (Wildman–Crippen MR) is 86.1 cm³/mol. The minimum atomic E-state index is -0.832. The standard InChI is InChI=1S/C14H24N4O2S/c1-4-6-15-11-8-12(18-13(17-11)21-3)16-9-14(19)5-7-20-10(14)2/h8,10,19H,4-7,9H2,1-3H3,(H2,15,16,17,18). The third-order valence-electron chi connectivity index (χ3n) is 3.68. The smallest absolute Gasteiger partial charge is 0.191 e. The number of thioether (sulfide) groups is 1. The molecule has 2 rings (SSSR count). The van der Waals surface area contributed by atoms with Crippen LogP contribution in [0.4, 0.5) is 11.6 Å². The summed E-state index contributed by atoms with van der Waals surface area (Å²) in [5.41, 5.74) is -0.832. The van der Waals surface area contributed by atoms with Crippen LogP contribution in [0.1, 0.15) is 26.7 Å². The van der Waals surface area contributed by atoms with Gasteiger partial charge in [0.05, 0.1) is 6.10 Å². The van der Waals surface area contributed by atoms with Crippen molar-refractivity contribution < 1.29 is 9.84 Å². The fourth-order valence-electron chi connectivity index (χ4n) is 2.20. The van der Waals surface area contributed by atoms with Crippen LogP contribution in [0, 0.1) is 0 Å². The van der Waals surface area contributed by atoms with Gasteiger partial charge in [-0.25, -0.2) is 9.97 Å². The second kappa shape index (κ2) is 7.29. The van der Waals surface area contributed by atoms with E-state index in [4.69, 9.17) is 4.74 Å². The number of nitrogens with one attached hydrogen (secondary N) is 2. The molecule has 1 aromatic rings. The second-order valence-electron chi connectivity index (χ2n) is 5.27. The molecule has 1 saturated heterocycles. The number of rotatable bonds is 7. The predicted octanol–water partition coefficient (Wildman–Crippen LogP) is 1.97. The molecule has 0 aromatic carbocycles. The number of aromatic nitrogens is 2. The average Bonchev–Trinajstić information content (AvgIpc) is 2.83. The first-order chi connectivity index (χ1) is 10.1. The molecule has 1 aliphatic heterocycles. The molecular weight excluding hydrogens is 288 g/mol. The maximum absolute atomic E-state index is 10.5. The van der Waals surface area contributed by atoms with E-state index < -0.39 is 5.60 Å². The number of hydrogen-bond donors (Lipinski definition) is 3. The minimum absolute atomic E-state index is 0.162. The van der Waals surface area contributed by atoms with Gasteiger partial charge in [0, 0.05) is 32.2 Å². The van der Waals surface area contributed by atoms with Crippen molar-refractivity contribution in [3.8, 4) is 0 Å². The highest BCUT2D eigenvalue weighted by Gasteiger charge is 2.39. The minimum Gasteiger partial charge on any atom is -0.385 e. The zero-order valence-electron chi connectivity index (χ0n) is 12.8. The van der Waals surface area contributed by atoms with E-state index in [1.54, 1.807) is 0 Å². The van der Waals surface area contributed by atoms with E-state index in [-0.39, 0.29) is 6.10 Å². The summed E-state index contributed by atoms with van der Waals surface area (Å²) in [5.74, 6) is 1.53. The van der Waals surface area contributed by atoms with Gasteiger partial charge >= 0.3 is 0 Å². The summed E-state index contributed by atoms with van der Waals surface area (Å²) in [5, 5.41) is 17.7. The van der Waals surface area contributed by atoms with Crippen molar-refractivity contribution in [1.29, 1.82) is 0 Å². The number of hydrogen-bond acceptors (Lipinski definition) is 7. The van der Waals surface area contributed by atoms with E-state index in [9.17, 15) is 5.11 Å². The van der Waals surface area contributed by atoms with Crippen LogP contribution in [0.15, 0.2) is 11.2 Å². The van der Waals surface area contributed by atoms with Crippen molar-refractivity contribution in [2.45, 2.75) is 43.6 Å². The first-order valence-corrected chi connectivity index (χ1v) is 8.54. The molecule has 1 aromatic heterocycles. The molecule has 3 N–H and O–H groups in total. The monoisotopic (exact) mass is 312 g/mol. The van der Waals surface area contributed by atoms with Crippen molar-refractivity contribution in [3.05, 3.63) is 6.07 Å². The van der Waals surface area contributed by atoms with Gasteiger partial charge in [-0.2, -0.15) is 0 Å². The summed E-state index contributed by atoms with van der Waals surface area (Å²) in [6, 6.07) is 1.87. The Bertz CT molecular complexity index is 474. The molecule has 1 fully saturated rings.